The summed E-state index contributed by atoms with van der Waals surface area (Å²) in [7, 11) is 0. The van der Waals surface area contributed by atoms with Crippen molar-refractivity contribution in [2.24, 2.45) is 11.5 Å². The van der Waals surface area contributed by atoms with Crippen LogP contribution < -0.4 is 22.1 Å². The number of carbonyl (C=O) groups excluding carboxylic acids is 3. The van der Waals surface area contributed by atoms with Gasteiger partial charge in [-0.05, 0) is 0 Å². The summed E-state index contributed by atoms with van der Waals surface area (Å²) in [4.78, 5) is 34.1. The van der Waals surface area contributed by atoms with E-state index in [0.29, 0.717) is 0 Å². The van der Waals surface area contributed by atoms with Crippen molar-refractivity contribution in [3.05, 3.63) is 0 Å². The third-order valence-corrected chi connectivity index (χ3v) is 2.43. The van der Waals surface area contributed by atoms with Gasteiger partial charge in [0.05, 0.1) is 25.2 Å². The number of hydrogen-bond acceptors (Lipinski definition) is 6. The molecule has 90 valence electrons. The second-order valence-corrected chi connectivity index (χ2v) is 3.68. The van der Waals surface area contributed by atoms with Gasteiger partial charge < -0.3 is 22.1 Å². The summed E-state index contributed by atoms with van der Waals surface area (Å²) in [6, 6.07) is -1.44. The average Bonchev–Trinajstić information content (AvgIpc) is 2.34. The van der Waals surface area contributed by atoms with Crippen LogP contribution in [0.5, 0.6) is 0 Å². The van der Waals surface area contributed by atoms with Crippen LogP contribution >= 0.6 is 0 Å². The summed E-state index contributed by atoms with van der Waals surface area (Å²) in [6.07, 6.45) is -0.0178. The standard InChI is InChI=1S/C9H16N4O3/c10-2-7(14)6-1-9(16)13-3-5(11)8(15)4-12-6/h5-6,12H,1-4,10-11H2,(H,13,16). The van der Waals surface area contributed by atoms with Crippen LogP contribution in [0.2, 0.25) is 0 Å². The number of nitrogens with one attached hydrogen (secondary N) is 2. The Kier molecular flexibility index (Phi) is 4.53. The maximum Gasteiger partial charge on any atom is 0.222 e. The molecule has 1 fully saturated rings. The first-order chi connectivity index (χ1) is 7.54. The largest absolute Gasteiger partial charge is 0.354 e. The molecule has 2 unspecified atom stereocenters. The molecule has 0 saturated carbocycles. The van der Waals surface area contributed by atoms with Gasteiger partial charge in [-0.3, -0.25) is 14.4 Å². The zero-order valence-electron chi connectivity index (χ0n) is 8.86. The minimum Gasteiger partial charge on any atom is -0.354 e. The number of carbonyl (C=O) groups is 3. The van der Waals surface area contributed by atoms with Gasteiger partial charge in [0, 0.05) is 13.0 Å². The SMILES string of the molecule is NCC(=O)C1CC(=O)NCC(N)C(=O)CN1. The Balaban J connectivity index is 2.70. The minimum absolute atomic E-state index is 0.0178. The lowest BCUT2D eigenvalue weighted by Gasteiger charge is -2.14. The van der Waals surface area contributed by atoms with E-state index in [9.17, 15) is 14.4 Å². The molecule has 7 heteroatoms. The van der Waals surface area contributed by atoms with Gasteiger partial charge in [-0.15, -0.1) is 0 Å². The fourth-order valence-electron chi connectivity index (χ4n) is 1.39. The van der Waals surface area contributed by atoms with Gasteiger partial charge in [0.25, 0.3) is 0 Å². The molecule has 1 amide bonds. The van der Waals surface area contributed by atoms with Gasteiger partial charge >= 0.3 is 0 Å². The molecule has 16 heavy (non-hydrogen) atoms. The van der Waals surface area contributed by atoms with Crippen molar-refractivity contribution >= 4 is 17.5 Å². The minimum atomic E-state index is -0.733. The lowest BCUT2D eigenvalue weighted by atomic mass is 10.1. The van der Waals surface area contributed by atoms with E-state index in [1.165, 1.54) is 0 Å². The van der Waals surface area contributed by atoms with Gasteiger partial charge in [-0.1, -0.05) is 0 Å². The Bertz CT molecular complexity index is 305. The Morgan fingerprint density at radius 2 is 2.12 bits per heavy atom. The molecule has 1 heterocycles. The number of hydrogen-bond donors (Lipinski definition) is 4. The maximum absolute atomic E-state index is 11.4. The van der Waals surface area contributed by atoms with Crippen LogP contribution in [0.15, 0.2) is 0 Å². The zero-order valence-corrected chi connectivity index (χ0v) is 8.86. The summed E-state index contributed by atoms with van der Waals surface area (Å²) >= 11 is 0. The molecule has 7 nitrogen and oxygen atoms in total. The molecule has 0 aromatic carbocycles. The number of rotatable bonds is 2. The van der Waals surface area contributed by atoms with Crippen molar-refractivity contribution in [3.63, 3.8) is 0 Å². The highest BCUT2D eigenvalue weighted by Gasteiger charge is 2.25. The highest BCUT2D eigenvalue weighted by molar-refractivity contribution is 5.93. The van der Waals surface area contributed by atoms with Crippen LogP contribution in [0.3, 0.4) is 0 Å². The molecule has 1 aliphatic rings. The van der Waals surface area contributed by atoms with Crippen LogP contribution in [0.4, 0.5) is 0 Å². The van der Waals surface area contributed by atoms with Crippen LogP contribution in [0, 0.1) is 0 Å². The van der Waals surface area contributed by atoms with E-state index in [-0.39, 0.29) is 43.5 Å². The fraction of sp³-hybridized carbons (Fsp3) is 0.667. The summed E-state index contributed by atoms with van der Waals surface area (Å²) in [5.41, 5.74) is 10.7. The number of Topliss-reactive ketones (excluding diaryl/α,β-unsaturated/α-hetero) is 2. The van der Waals surface area contributed by atoms with E-state index >= 15 is 0 Å². The van der Waals surface area contributed by atoms with E-state index < -0.39 is 12.1 Å². The summed E-state index contributed by atoms with van der Waals surface area (Å²) in [5.74, 6) is -0.847. The lowest BCUT2D eigenvalue weighted by Crippen LogP contribution is -2.46. The first-order valence-corrected chi connectivity index (χ1v) is 5.05. The van der Waals surface area contributed by atoms with Gasteiger partial charge in [0.15, 0.2) is 11.6 Å². The third kappa shape index (κ3) is 3.37. The average molecular weight is 228 g/mol. The van der Waals surface area contributed by atoms with Gasteiger partial charge in [0.1, 0.15) is 0 Å². The number of amides is 1. The van der Waals surface area contributed by atoms with Gasteiger partial charge in [-0.2, -0.15) is 0 Å². The van der Waals surface area contributed by atoms with Crippen molar-refractivity contribution in [1.29, 1.82) is 0 Å². The molecule has 0 spiro atoms. The maximum atomic E-state index is 11.4. The van der Waals surface area contributed by atoms with Crippen LogP contribution in [-0.4, -0.2) is 49.2 Å². The first kappa shape index (κ1) is 12.8. The predicted octanol–water partition coefficient (Wildman–Crippen LogP) is -3.11. The molecule has 0 aliphatic carbocycles. The van der Waals surface area contributed by atoms with Crippen LogP contribution in [-0.2, 0) is 14.4 Å². The molecule has 1 aliphatic heterocycles. The smallest absolute Gasteiger partial charge is 0.222 e. The molecule has 0 radical (unpaired) electrons. The van der Waals surface area contributed by atoms with E-state index in [1.54, 1.807) is 0 Å². The third-order valence-electron chi connectivity index (χ3n) is 2.43. The Hall–Kier alpha value is -1.31. The predicted molar refractivity (Wildman–Crippen MR) is 56.5 cm³/mol. The normalized spacial score (nSPS) is 27.6. The fourth-order valence-corrected chi connectivity index (χ4v) is 1.39. The number of nitrogens with two attached hydrogens (primary N) is 2. The highest BCUT2D eigenvalue weighted by Crippen LogP contribution is 1.97. The summed E-state index contributed by atoms with van der Waals surface area (Å²) in [5, 5.41) is 5.20. The molecular formula is C9H16N4O3. The zero-order chi connectivity index (χ0) is 12.1. The molecule has 0 bridgehead atoms. The van der Waals surface area contributed by atoms with Crippen molar-refractivity contribution in [3.8, 4) is 0 Å². The van der Waals surface area contributed by atoms with Gasteiger partial charge in [0.2, 0.25) is 5.91 Å². The lowest BCUT2D eigenvalue weighted by molar-refractivity contribution is -0.126. The monoisotopic (exact) mass is 228 g/mol. The number of ketones is 2. The highest BCUT2D eigenvalue weighted by atomic mass is 16.2. The quantitative estimate of drug-likeness (QED) is 0.396. The molecular weight excluding hydrogens is 212 g/mol. The first-order valence-electron chi connectivity index (χ1n) is 5.05. The summed E-state index contributed by atoms with van der Waals surface area (Å²) in [6.45, 7) is -0.0827. The molecule has 1 saturated heterocycles. The Morgan fingerprint density at radius 3 is 2.75 bits per heavy atom. The topological polar surface area (TPSA) is 127 Å². The van der Waals surface area contributed by atoms with E-state index in [2.05, 4.69) is 10.6 Å². The van der Waals surface area contributed by atoms with Crippen molar-refractivity contribution in [2.75, 3.05) is 19.6 Å². The van der Waals surface area contributed by atoms with E-state index in [0.717, 1.165) is 0 Å². The second-order valence-electron chi connectivity index (χ2n) is 3.68. The molecule has 0 aromatic heterocycles. The van der Waals surface area contributed by atoms with Crippen LogP contribution in [0.1, 0.15) is 6.42 Å². The molecule has 0 aromatic rings. The van der Waals surface area contributed by atoms with Crippen LogP contribution in [0.25, 0.3) is 0 Å². The molecule has 6 N–H and O–H groups in total. The Labute approximate surface area is 92.9 Å². The summed E-state index contributed by atoms with van der Waals surface area (Å²) < 4.78 is 0. The Morgan fingerprint density at radius 1 is 1.44 bits per heavy atom. The molecule has 1 rings (SSSR count). The van der Waals surface area contributed by atoms with E-state index in [1.807, 2.05) is 0 Å². The van der Waals surface area contributed by atoms with Gasteiger partial charge in [-0.25, -0.2) is 0 Å². The van der Waals surface area contributed by atoms with Crippen molar-refractivity contribution in [2.45, 2.75) is 18.5 Å². The van der Waals surface area contributed by atoms with Crippen molar-refractivity contribution < 1.29 is 14.4 Å². The van der Waals surface area contributed by atoms with E-state index in [4.69, 9.17) is 11.5 Å². The second kappa shape index (κ2) is 5.69. The molecule has 2 atom stereocenters. The van der Waals surface area contributed by atoms with Crippen molar-refractivity contribution in [1.82, 2.24) is 10.6 Å².